The number of carbonyl (C=O) groups is 1. The van der Waals surface area contributed by atoms with Gasteiger partial charge in [-0.25, -0.2) is 8.42 Å². The largest absolute Gasteiger partial charge is 0.293 e. The lowest BCUT2D eigenvalue weighted by Gasteiger charge is -2.08. The lowest BCUT2D eigenvalue weighted by atomic mass is 10.0. The van der Waals surface area contributed by atoms with Crippen molar-refractivity contribution in [2.24, 2.45) is 0 Å². The van der Waals surface area contributed by atoms with Gasteiger partial charge in [0, 0.05) is 10.0 Å². The summed E-state index contributed by atoms with van der Waals surface area (Å²) in [4.78, 5) is 12.5. The van der Waals surface area contributed by atoms with Crippen LogP contribution in [0.4, 0.5) is 0 Å². The fourth-order valence-electron chi connectivity index (χ4n) is 2.06. The number of hydrogen-bond donors (Lipinski definition) is 0. The number of carbonyl (C=O) groups excluding carboxylic acids is 1. The van der Waals surface area contributed by atoms with Crippen LogP contribution >= 0.6 is 15.9 Å². The first-order valence-electron chi connectivity index (χ1n) is 6.39. The smallest absolute Gasteiger partial charge is 0.186 e. The van der Waals surface area contributed by atoms with Gasteiger partial charge in [-0.1, -0.05) is 29.8 Å². The van der Waals surface area contributed by atoms with Crippen molar-refractivity contribution in [2.45, 2.75) is 18.7 Å². The van der Waals surface area contributed by atoms with Crippen LogP contribution in [0, 0.1) is 13.8 Å². The third-order valence-electron chi connectivity index (χ3n) is 3.19. The van der Waals surface area contributed by atoms with Crippen LogP contribution in [0.25, 0.3) is 0 Å². The number of sulfone groups is 1. The number of hydrogen-bond acceptors (Lipinski definition) is 3. The first kappa shape index (κ1) is 15.9. The van der Waals surface area contributed by atoms with Gasteiger partial charge in [-0.15, -0.1) is 0 Å². The summed E-state index contributed by atoms with van der Waals surface area (Å²) in [5, 5.41) is 0. The van der Waals surface area contributed by atoms with Crippen molar-refractivity contribution in [1.82, 2.24) is 0 Å². The number of benzene rings is 2. The first-order chi connectivity index (χ1) is 9.81. The van der Waals surface area contributed by atoms with Crippen LogP contribution in [0.2, 0.25) is 0 Å². The summed E-state index contributed by atoms with van der Waals surface area (Å²) < 4.78 is 25.2. The van der Waals surface area contributed by atoms with E-state index in [0.717, 1.165) is 11.1 Å². The Morgan fingerprint density at radius 3 is 2.43 bits per heavy atom. The highest BCUT2D eigenvalue weighted by Crippen LogP contribution is 2.23. The molecule has 0 atom stereocenters. The Balaban J connectivity index is 2.35. The predicted octanol–water partition coefficient (Wildman–Crippen LogP) is 3.72. The Hall–Kier alpha value is -1.46. The minimum Gasteiger partial charge on any atom is -0.293 e. The molecule has 0 radical (unpaired) electrons. The average molecular weight is 367 g/mol. The molecule has 0 aliphatic heterocycles. The van der Waals surface area contributed by atoms with Crippen LogP contribution in [-0.2, 0) is 9.84 Å². The van der Waals surface area contributed by atoms with Gasteiger partial charge in [-0.2, -0.15) is 0 Å². The number of aryl methyl sites for hydroxylation is 2. The lowest BCUT2D eigenvalue weighted by Crippen LogP contribution is -2.17. The molecule has 110 valence electrons. The number of rotatable bonds is 4. The average Bonchev–Trinajstić information content (AvgIpc) is 2.41. The van der Waals surface area contributed by atoms with Gasteiger partial charge in [0.25, 0.3) is 0 Å². The van der Waals surface area contributed by atoms with Gasteiger partial charge < -0.3 is 0 Å². The van der Waals surface area contributed by atoms with E-state index < -0.39 is 15.6 Å². The van der Waals surface area contributed by atoms with Crippen molar-refractivity contribution in [2.75, 3.05) is 5.75 Å². The van der Waals surface area contributed by atoms with E-state index >= 15 is 0 Å². The van der Waals surface area contributed by atoms with Crippen molar-refractivity contribution in [3.8, 4) is 0 Å². The number of ketones is 1. The van der Waals surface area contributed by atoms with Crippen LogP contribution in [0.15, 0.2) is 51.8 Å². The van der Waals surface area contributed by atoms with Gasteiger partial charge in [0.05, 0.1) is 4.90 Å². The molecule has 0 aliphatic carbocycles. The van der Waals surface area contributed by atoms with E-state index in [4.69, 9.17) is 0 Å². The van der Waals surface area contributed by atoms with Crippen molar-refractivity contribution >= 4 is 31.6 Å². The van der Waals surface area contributed by atoms with Crippen LogP contribution in [-0.4, -0.2) is 20.0 Å². The molecule has 0 amide bonds. The highest BCUT2D eigenvalue weighted by molar-refractivity contribution is 9.10. The standard InChI is InChI=1S/C16H15BrO3S/c1-11-7-8-12(2)13(9-11)15(18)10-21(19,20)16-6-4-3-5-14(16)17/h3-9H,10H2,1-2H3. The summed E-state index contributed by atoms with van der Waals surface area (Å²) in [6.45, 7) is 3.68. The molecule has 0 bridgehead atoms. The summed E-state index contributed by atoms with van der Waals surface area (Å²) in [5.74, 6) is -0.910. The SMILES string of the molecule is Cc1ccc(C)c(C(=O)CS(=O)(=O)c2ccccc2Br)c1. The molecule has 2 rings (SSSR count). The quantitative estimate of drug-likeness (QED) is 0.774. The molecule has 5 heteroatoms. The molecular formula is C16H15BrO3S. The lowest BCUT2D eigenvalue weighted by molar-refractivity contribution is 0.102. The monoisotopic (exact) mass is 366 g/mol. The van der Waals surface area contributed by atoms with Crippen molar-refractivity contribution < 1.29 is 13.2 Å². The normalized spacial score (nSPS) is 11.4. The van der Waals surface area contributed by atoms with E-state index in [-0.39, 0.29) is 10.7 Å². The second kappa shape index (κ2) is 6.12. The zero-order valence-corrected chi connectivity index (χ0v) is 14.2. The van der Waals surface area contributed by atoms with Crippen molar-refractivity contribution in [3.63, 3.8) is 0 Å². The Bertz CT molecular complexity index is 795. The molecule has 2 aromatic rings. The third-order valence-corrected chi connectivity index (χ3v) is 5.81. The second-order valence-corrected chi connectivity index (χ2v) is 7.74. The van der Waals surface area contributed by atoms with Gasteiger partial charge in [0.2, 0.25) is 0 Å². The molecular weight excluding hydrogens is 352 g/mol. The maximum atomic E-state index is 12.4. The molecule has 0 unspecified atom stereocenters. The van der Waals surface area contributed by atoms with Gasteiger partial charge in [-0.3, -0.25) is 4.79 Å². The molecule has 0 spiro atoms. The molecule has 0 saturated carbocycles. The zero-order valence-electron chi connectivity index (χ0n) is 11.8. The van der Waals surface area contributed by atoms with E-state index in [1.165, 1.54) is 6.07 Å². The number of Topliss-reactive ketones (excluding diaryl/α,β-unsaturated/α-hetero) is 1. The van der Waals surface area contributed by atoms with Crippen LogP contribution < -0.4 is 0 Å². The summed E-state index contributed by atoms with van der Waals surface area (Å²) >= 11 is 3.21. The Morgan fingerprint density at radius 1 is 1.10 bits per heavy atom. The van der Waals surface area contributed by atoms with E-state index in [1.807, 2.05) is 19.1 Å². The Labute approximate surface area is 133 Å². The van der Waals surface area contributed by atoms with Gasteiger partial charge in [0.1, 0.15) is 5.75 Å². The fraction of sp³-hybridized carbons (Fsp3) is 0.188. The van der Waals surface area contributed by atoms with E-state index in [2.05, 4.69) is 15.9 Å². The molecule has 0 fully saturated rings. The second-order valence-electron chi connectivity index (χ2n) is 4.93. The molecule has 0 saturated heterocycles. The minimum atomic E-state index is -3.66. The summed E-state index contributed by atoms with van der Waals surface area (Å²) in [6, 6.07) is 12.0. The van der Waals surface area contributed by atoms with Crippen LogP contribution in [0.3, 0.4) is 0 Å². The Kier molecular flexibility index (Phi) is 4.64. The molecule has 3 nitrogen and oxygen atoms in total. The molecule has 0 aliphatic rings. The topological polar surface area (TPSA) is 51.2 Å². The maximum absolute atomic E-state index is 12.4. The maximum Gasteiger partial charge on any atom is 0.186 e. The van der Waals surface area contributed by atoms with Crippen molar-refractivity contribution in [1.29, 1.82) is 0 Å². The van der Waals surface area contributed by atoms with E-state index in [1.54, 1.807) is 31.2 Å². The Morgan fingerprint density at radius 2 is 1.76 bits per heavy atom. The molecule has 0 N–H and O–H groups in total. The zero-order chi connectivity index (χ0) is 15.6. The minimum absolute atomic E-state index is 0.142. The fourth-order valence-corrected chi connectivity index (χ4v) is 4.39. The molecule has 21 heavy (non-hydrogen) atoms. The van der Waals surface area contributed by atoms with E-state index in [0.29, 0.717) is 10.0 Å². The summed E-state index contributed by atoms with van der Waals surface area (Å²) in [5.41, 5.74) is 2.18. The summed E-state index contributed by atoms with van der Waals surface area (Å²) in [6.07, 6.45) is 0. The first-order valence-corrected chi connectivity index (χ1v) is 8.83. The van der Waals surface area contributed by atoms with Gasteiger partial charge in [0.15, 0.2) is 15.6 Å². The van der Waals surface area contributed by atoms with Crippen LogP contribution in [0.1, 0.15) is 21.5 Å². The van der Waals surface area contributed by atoms with Crippen molar-refractivity contribution in [3.05, 3.63) is 63.6 Å². The van der Waals surface area contributed by atoms with E-state index in [9.17, 15) is 13.2 Å². The van der Waals surface area contributed by atoms with Gasteiger partial charge >= 0.3 is 0 Å². The predicted molar refractivity (Wildman–Crippen MR) is 86.4 cm³/mol. The highest BCUT2D eigenvalue weighted by atomic mass is 79.9. The van der Waals surface area contributed by atoms with Gasteiger partial charge in [-0.05, 0) is 53.5 Å². The van der Waals surface area contributed by atoms with Crippen LogP contribution in [0.5, 0.6) is 0 Å². The number of halogens is 1. The highest BCUT2D eigenvalue weighted by Gasteiger charge is 2.23. The molecule has 0 aromatic heterocycles. The molecule has 2 aromatic carbocycles. The summed E-state index contributed by atoms with van der Waals surface area (Å²) in [7, 11) is -3.66. The molecule has 0 heterocycles. The third kappa shape index (κ3) is 3.60.